The van der Waals surface area contributed by atoms with Gasteiger partial charge in [0.25, 0.3) is 0 Å². The molecule has 2 atom stereocenters. The van der Waals surface area contributed by atoms with Gasteiger partial charge in [-0.3, -0.25) is 4.79 Å². The fraction of sp³-hybridized carbons (Fsp3) is 0.611. The number of nitrogens with zero attached hydrogens (tertiary/aromatic N) is 1. The molecule has 114 valence electrons. The Bertz CT molecular complexity index is 492. The molecule has 2 aliphatic rings. The topological polar surface area (TPSA) is 29.5 Å². The van der Waals surface area contributed by atoms with Crippen LogP contribution in [0.15, 0.2) is 24.3 Å². The highest BCUT2D eigenvalue weighted by atomic mass is 16.5. The lowest BCUT2D eigenvalue weighted by Crippen LogP contribution is -2.44. The predicted octanol–water partition coefficient (Wildman–Crippen LogP) is 3.13. The highest BCUT2D eigenvalue weighted by Gasteiger charge is 2.35. The number of aryl methyl sites for hydroxylation is 1. The smallest absolute Gasteiger partial charge is 0.223 e. The second-order valence-corrected chi connectivity index (χ2v) is 6.58. The van der Waals surface area contributed by atoms with Gasteiger partial charge in [0.05, 0.1) is 12.7 Å². The van der Waals surface area contributed by atoms with E-state index in [4.69, 9.17) is 4.74 Å². The molecule has 1 aliphatic carbocycles. The van der Waals surface area contributed by atoms with E-state index in [0.29, 0.717) is 30.8 Å². The van der Waals surface area contributed by atoms with Gasteiger partial charge in [-0.25, -0.2) is 0 Å². The zero-order chi connectivity index (χ0) is 14.8. The minimum atomic E-state index is 0.168. The molecule has 1 saturated carbocycles. The van der Waals surface area contributed by atoms with E-state index in [1.165, 1.54) is 24.0 Å². The van der Waals surface area contributed by atoms with Gasteiger partial charge in [-0.05, 0) is 44.1 Å². The molecule has 0 N–H and O–H groups in total. The van der Waals surface area contributed by atoms with Crippen molar-refractivity contribution in [2.45, 2.75) is 45.1 Å². The fourth-order valence-corrected chi connectivity index (χ4v) is 3.23. The molecular formula is C18H25NO2. The Balaban J connectivity index is 1.67. The molecule has 21 heavy (non-hydrogen) atoms. The lowest BCUT2D eigenvalue weighted by atomic mass is 9.90. The Kier molecular flexibility index (Phi) is 4.29. The standard InChI is InChI=1S/C18H25NO2/c1-13-3-5-15(6-4-13)17(16-7-8-16)11-18(20)19-9-10-21-14(2)12-19/h3-6,14,16-17H,7-12H2,1-2H3. The molecule has 0 radical (unpaired) electrons. The maximum Gasteiger partial charge on any atom is 0.223 e. The second-order valence-electron chi connectivity index (χ2n) is 6.58. The first-order valence-electron chi connectivity index (χ1n) is 8.09. The molecule has 1 amide bonds. The first kappa shape index (κ1) is 14.6. The number of hydrogen-bond acceptors (Lipinski definition) is 2. The van der Waals surface area contributed by atoms with Gasteiger partial charge >= 0.3 is 0 Å². The van der Waals surface area contributed by atoms with Crippen LogP contribution in [0, 0.1) is 12.8 Å². The third kappa shape index (κ3) is 3.65. The average Bonchev–Trinajstić information content (AvgIpc) is 3.30. The normalized spacial score (nSPS) is 23.9. The van der Waals surface area contributed by atoms with E-state index >= 15 is 0 Å². The first-order chi connectivity index (χ1) is 10.1. The molecule has 3 heteroatoms. The second kappa shape index (κ2) is 6.18. The summed E-state index contributed by atoms with van der Waals surface area (Å²) in [7, 11) is 0. The zero-order valence-electron chi connectivity index (χ0n) is 13.0. The third-order valence-corrected chi connectivity index (χ3v) is 4.68. The van der Waals surface area contributed by atoms with Crippen molar-refractivity contribution < 1.29 is 9.53 Å². The van der Waals surface area contributed by atoms with Crippen LogP contribution in [0.1, 0.15) is 43.2 Å². The van der Waals surface area contributed by atoms with E-state index in [1.54, 1.807) is 0 Å². The van der Waals surface area contributed by atoms with Crippen LogP contribution >= 0.6 is 0 Å². The molecule has 3 rings (SSSR count). The van der Waals surface area contributed by atoms with Crippen molar-refractivity contribution in [2.75, 3.05) is 19.7 Å². The number of amides is 1. The van der Waals surface area contributed by atoms with Crippen molar-refractivity contribution in [1.82, 2.24) is 4.90 Å². The minimum absolute atomic E-state index is 0.168. The van der Waals surface area contributed by atoms with Gasteiger partial charge in [-0.2, -0.15) is 0 Å². The van der Waals surface area contributed by atoms with Crippen molar-refractivity contribution in [3.05, 3.63) is 35.4 Å². The number of benzene rings is 1. The van der Waals surface area contributed by atoms with Crippen molar-refractivity contribution in [3.63, 3.8) is 0 Å². The van der Waals surface area contributed by atoms with Crippen LogP contribution < -0.4 is 0 Å². The largest absolute Gasteiger partial charge is 0.375 e. The molecule has 3 nitrogen and oxygen atoms in total. The van der Waals surface area contributed by atoms with Crippen LogP contribution in [0.25, 0.3) is 0 Å². The Morgan fingerprint density at radius 2 is 2.05 bits per heavy atom. The summed E-state index contributed by atoms with van der Waals surface area (Å²) >= 11 is 0. The molecule has 1 saturated heterocycles. The number of carbonyl (C=O) groups is 1. The van der Waals surface area contributed by atoms with Crippen LogP contribution in [0.5, 0.6) is 0 Å². The SMILES string of the molecule is Cc1ccc(C(CC(=O)N2CCOC(C)C2)C2CC2)cc1. The molecule has 1 heterocycles. The van der Waals surface area contributed by atoms with Crippen molar-refractivity contribution in [1.29, 1.82) is 0 Å². The lowest BCUT2D eigenvalue weighted by Gasteiger charge is -2.32. The van der Waals surface area contributed by atoms with Crippen LogP contribution in [0.4, 0.5) is 0 Å². The highest BCUT2D eigenvalue weighted by Crippen LogP contribution is 2.44. The van der Waals surface area contributed by atoms with Crippen molar-refractivity contribution in [3.8, 4) is 0 Å². The maximum absolute atomic E-state index is 12.6. The summed E-state index contributed by atoms with van der Waals surface area (Å²) in [6, 6.07) is 8.72. The molecule has 1 aromatic rings. The van der Waals surface area contributed by atoms with E-state index in [9.17, 15) is 4.79 Å². The van der Waals surface area contributed by atoms with Gasteiger partial charge in [-0.15, -0.1) is 0 Å². The van der Waals surface area contributed by atoms with Crippen LogP contribution in [0.3, 0.4) is 0 Å². The zero-order valence-corrected chi connectivity index (χ0v) is 13.0. The van der Waals surface area contributed by atoms with E-state index in [0.717, 1.165) is 13.1 Å². The molecule has 1 aliphatic heterocycles. The Morgan fingerprint density at radius 1 is 1.33 bits per heavy atom. The van der Waals surface area contributed by atoms with Crippen molar-refractivity contribution in [2.24, 2.45) is 5.92 Å². The summed E-state index contributed by atoms with van der Waals surface area (Å²) in [5.41, 5.74) is 2.61. The van der Waals surface area contributed by atoms with Gasteiger partial charge in [0.15, 0.2) is 0 Å². The fourth-order valence-electron chi connectivity index (χ4n) is 3.23. The van der Waals surface area contributed by atoms with E-state index in [1.807, 2.05) is 11.8 Å². The quantitative estimate of drug-likeness (QED) is 0.851. The summed E-state index contributed by atoms with van der Waals surface area (Å²) in [5, 5.41) is 0. The number of hydrogen-bond donors (Lipinski definition) is 0. The van der Waals surface area contributed by atoms with Crippen LogP contribution in [-0.4, -0.2) is 36.6 Å². The molecule has 2 fully saturated rings. The van der Waals surface area contributed by atoms with Crippen LogP contribution in [-0.2, 0) is 9.53 Å². The molecule has 0 bridgehead atoms. The first-order valence-corrected chi connectivity index (χ1v) is 8.09. The van der Waals surface area contributed by atoms with Crippen LogP contribution in [0.2, 0.25) is 0 Å². The van der Waals surface area contributed by atoms with Gasteiger partial charge < -0.3 is 9.64 Å². The average molecular weight is 287 g/mol. The summed E-state index contributed by atoms with van der Waals surface area (Å²) in [4.78, 5) is 14.6. The Labute approximate surface area is 127 Å². The maximum atomic E-state index is 12.6. The minimum Gasteiger partial charge on any atom is -0.375 e. The summed E-state index contributed by atoms with van der Waals surface area (Å²) in [6.07, 6.45) is 3.36. The summed E-state index contributed by atoms with van der Waals surface area (Å²) in [6.45, 7) is 6.30. The monoisotopic (exact) mass is 287 g/mol. The van der Waals surface area contributed by atoms with Gasteiger partial charge in [-0.1, -0.05) is 29.8 Å². The molecule has 0 spiro atoms. The molecule has 2 unspecified atom stereocenters. The van der Waals surface area contributed by atoms with Crippen molar-refractivity contribution >= 4 is 5.91 Å². The summed E-state index contributed by atoms with van der Waals surface area (Å²) in [5.74, 6) is 1.40. The number of rotatable bonds is 4. The number of ether oxygens (including phenoxy) is 1. The van der Waals surface area contributed by atoms with E-state index < -0.39 is 0 Å². The third-order valence-electron chi connectivity index (χ3n) is 4.68. The van der Waals surface area contributed by atoms with E-state index in [2.05, 4.69) is 31.2 Å². The van der Waals surface area contributed by atoms with E-state index in [-0.39, 0.29) is 6.10 Å². The number of morpholine rings is 1. The Morgan fingerprint density at radius 3 is 2.67 bits per heavy atom. The molecular weight excluding hydrogens is 262 g/mol. The highest BCUT2D eigenvalue weighted by molar-refractivity contribution is 5.77. The summed E-state index contributed by atoms with van der Waals surface area (Å²) < 4.78 is 5.53. The van der Waals surface area contributed by atoms with Gasteiger partial charge in [0, 0.05) is 19.5 Å². The van der Waals surface area contributed by atoms with Gasteiger partial charge in [0.2, 0.25) is 5.91 Å². The molecule has 1 aromatic carbocycles. The number of carbonyl (C=O) groups excluding carboxylic acids is 1. The predicted molar refractivity (Wildman–Crippen MR) is 83.3 cm³/mol. The lowest BCUT2D eigenvalue weighted by molar-refractivity contribution is -0.138. The molecule has 0 aromatic heterocycles. The van der Waals surface area contributed by atoms with Gasteiger partial charge in [0.1, 0.15) is 0 Å². The Hall–Kier alpha value is -1.35.